The van der Waals surface area contributed by atoms with Crippen LogP contribution in [0, 0.1) is 13.8 Å². The summed E-state index contributed by atoms with van der Waals surface area (Å²) >= 11 is 0. The van der Waals surface area contributed by atoms with Gasteiger partial charge in [0.15, 0.2) is 5.69 Å². The van der Waals surface area contributed by atoms with Crippen LogP contribution < -0.4 is 5.32 Å². The molecule has 0 aliphatic carbocycles. The Kier molecular flexibility index (Phi) is 4.49. The first-order valence-corrected chi connectivity index (χ1v) is 7.12. The molecule has 2 rings (SSSR count). The smallest absolute Gasteiger partial charge is 0.309 e. The fourth-order valence-corrected chi connectivity index (χ4v) is 2.25. The first-order chi connectivity index (χ1) is 10.6. The van der Waals surface area contributed by atoms with E-state index in [1.807, 2.05) is 6.92 Å². The molecule has 0 aliphatic heterocycles. The molecular formula is C14H18F3N5O. The maximum atomic E-state index is 12.7. The predicted molar refractivity (Wildman–Crippen MR) is 77.9 cm³/mol. The van der Waals surface area contributed by atoms with E-state index in [9.17, 15) is 18.0 Å². The van der Waals surface area contributed by atoms with E-state index < -0.39 is 23.8 Å². The Bertz CT molecular complexity index is 717. The summed E-state index contributed by atoms with van der Waals surface area (Å²) in [5.41, 5.74) is -0.00585. The molecule has 23 heavy (non-hydrogen) atoms. The molecule has 2 heterocycles. The molecule has 1 N–H and O–H groups in total. The van der Waals surface area contributed by atoms with Gasteiger partial charge in [0, 0.05) is 18.3 Å². The minimum atomic E-state index is -4.54. The highest BCUT2D eigenvalue weighted by Crippen LogP contribution is 2.29. The SMILES string of the molecule is CCn1nc(C)cc1NC(=O)[C@@H](C)n1nc(C(F)(F)F)cc1C. The van der Waals surface area contributed by atoms with Gasteiger partial charge in [-0.3, -0.25) is 9.48 Å². The van der Waals surface area contributed by atoms with Crippen LogP contribution >= 0.6 is 0 Å². The second-order valence-electron chi connectivity index (χ2n) is 5.27. The van der Waals surface area contributed by atoms with Crippen molar-refractivity contribution in [3.8, 4) is 0 Å². The predicted octanol–water partition coefficient (Wildman–Crippen LogP) is 2.93. The van der Waals surface area contributed by atoms with Gasteiger partial charge in [-0.15, -0.1) is 0 Å². The zero-order chi connectivity index (χ0) is 17.4. The molecule has 2 aromatic heterocycles. The van der Waals surface area contributed by atoms with Gasteiger partial charge in [-0.2, -0.15) is 23.4 Å². The van der Waals surface area contributed by atoms with Crippen LogP contribution in [0.25, 0.3) is 0 Å². The molecule has 2 aromatic rings. The van der Waals surface area contributed by atoms with Gasteiger partial charge in [-0.1, -0.05) is 0 Å². The molecule has 0 aromatic carbocycles. The number of aryl methyl sites for hydroxylation is 3. The van der Waals surface area contributed by atoms with Crippen molar-refractivity contribution in [3.05, 3.63) is 29.2 Å². The van der Waals surface area contributed by atoms with Crippen LogP contribution in [0.5, 0.6) is 0 Å². The third-order valence-corrected chi connectivity index (χ3v) is 3.41. The van der Waals surface area contributed by atoms with Crippen molar-refractivity contribution < 1.29 is 18.0 Å². The summed E-state index contributed by atoms with van der Waals surface area (Å²) in [6, 6.07) is 1.74. The summed E-state index contributed by atoms with van der Waals surface area (Å²) in [6.07, 6.45) is -4.54. The van der Waals surface area contributed by atoms with Gasteiger partial charge in [-0.25, -0.2) is 4.68 Å². The monoisotopic (exact) mass is 329 g/mol. The van der Waals surface area contributed by atoms with Crippen LogP contribution in [0.3, 0.4) is 0 Å². The molecule has 1 atom stereocenters. The van der Waals surface area contributed by atoms with E-state index in [4.69, 9.17) is 0 Å². The van der Waals surface area contributed by atoms with Gasteiger partial charge in [0.25, 0.3) is 0 Å². The van der Waals surface area contributed by atoms with Crippen molar-refractivity contribution in [2.24, 2.45) is 0 Å². The van der Waals surface area contributed by atoms with Crippen LogP contribution in [-0.4, -0.2) is 25.5 Å². The third kappa shape index (κ3) is 3.54. The zero-order valence-electron chi connectivity index (χ0n) is 13.3. The van der Waals surface area contributed by atoms with Gasteiger partial charge in [0.2, 0.25) is 5.91 Å². The summed E-state index contributed by atoms with van der Waals surface area (Å²) in [5.74, 6) is 0.0437. The van der Waals surface area contributed by atoms with Gasteiger partial charge in [-0.05, 0) is 33.8 Å². The third-order valence-electron chi connectivity index (χ3n) is 3.41. The van der Waals surface area contributed by atoms with Gasteiger partial charge >= 0.3 is 6.18 Å². The van der Waals surface area contributed by atoms with Crippen molar-refractivity contribution in [1.82, 2.24) is 19.6 Å². The summed E-state index contributed by atoms with van der Waals surface area (Å²) in [4.78, 5) is 12.3. The van der Waals surface area contributed by atoms with Gasteiger partial charge in [0.1, 0.15) is 11.9 Å². The number of alkyl halides is 3. The Labute approximate surface area is 131 Å². The summed E-state index contributed by atoms with van der Waals surface area (Å²) in [6.45, 7) is 7.20. The number of amides is 1. The Hall–Kier alpha value is -2.32. The lowest BCUT2D eigenvalue weighted by molar-refractivity contribution is -0.141. The zero-order valence-corrected chi connectivity index (χ0v) is 13.3. The molecule has 126 valence electrons. The minimum Gasteiger partial charge on any atom is -0.309 e. The van der Waals surface area contributed by atoms with E-state index in [1.165, 1.54) is 13.8 Å². The number of aromatic nitrogens is 4. The number of nitrogens with one attached hydrogen (secondary N) is 1. The van der Waals surface area contributed by atoms with Crippen LogP contribution in [0.1, 0.15) is 37.0 Å². The van der Waals surface area contributed by atoms with E-state index in [0.29, 0.717) is 12.4 Å². The van der Waals surface area contributed by atoms with Crippen LogP contribution in [0.2, 0.25) is 0 Å². The highest BCUT2D eigenvalue weighted by molar-refractivity contribution is 5.92. The fraction of sp³-hybridized carbons (Fsp3) is 0.500. The lowest BCUT2D eigenvalue weighted by Gasteiger charge is -2.15. The molecule has 0 radical (unpaired) electrons. The van der Waals surface area contributed by atoms with Gasteiger partial charge < -0.3 is 5.32 Å². The van der Waals surface area contributed by atoms with E-state index >= 15 is 0 Å². The van der Waals surface area contributed by atoms with E-state index in [1.54, 1.807) is 17.7 Å². The number of nitrogens with zero attached hydrogens (tertiary/aromatic N) is 4. The standard InChI is InChI=1S/C14H18F3N5O/c1-5-21-12(6-8(2)19-21)18-13(23)10(4)22-9(3)7-11(20-22)14(15,16)17/h6-7,10H,5H2,1-4H3,(H,18,23)/t10-/m1/s1. The quantitative estimate of drug-likeness (QED) is 0.938. The number of hydrogen-bond donors (Lipinski definition) is 1. The van der Waals surface area contributed by atoms with Crippen molar-refractivity contribution >= 4 is 11.7 Å². The highest BCUT2D eigenvalue weighted by atomic mass is 19.4. The second-order valence-corrected chi connectivity index (χ2v) is 5.27. The molecule has 9 heteroatoms. The van der Waals surface area contributed by atoms with E-state index in [0.717, 1.165) is 16.4 Å². The topological polar surface area (TPSA) is 64.7 Å². The molecule has 0 aliphatic rings. The Morgan fingerprint density at radius 2 is 1.96 bits per heavy atom. The molecule has 0 bridgehead atoms. The van der Waals surface area contributed by atoms with Crippen LogP contribution in [-0.2, 0) is 17.5 Å². The van der Waals surface area contributed by atoms with Crippen molar-refractivity contribution in [1.29, 1.82) is 0 Å². The number of carbonyl (C=O) groups is 1. The average Bonchev–Trinajstić information content (AvgIpc) is 3.00. The first kappa shape index (κ1) is 17.0. The summed E-state index contributed by atoms with van der Waals surface area (Å²) in [5, 5.41) is 10.4. The largest absolute Gasteiger partial charge is 0.435 e. The van der Waals surface area contributed by atoms with Crippen LogP contribution in [0.4, 0.5) is 19.0 Å². The molecule has 0 fully saturated rings. The number of hydrogen-bond acceptors (Lipinski definition) is 3. The molecule has 0 saturated heterocycles. The van der Waals surface area contributed by atoms with Crippen molar-refractivity contribution in [2.45, 2.75) is 46.5 Å². The Balaban J connectivity index is 2.21. The number of halogens is 3. The summed E-state index contributed by atoms with van der Waals surface area (Å²) < 4.78 is 40.8. The highest BCUT2D eigenvalue weighted by Gasteiger charge is 2.35. The lowest BCUT2D eigenvalue weighted by atomic mass is 10.3. The molecular weight excluding hydrogens is 311 g/mol. The maximum Gasteiger partial charge on any atom is 0.435 e. The average molecular weight is 329 g/mol. The molecule has 0 unspecified atom stereocenters. The second kappa shape index (κ2) is 6.05. The number of rotatable bonds is 4. The first-order valence-electron chi connectivity index (χ1n) is 7.12. The molecule has 6 nitrogen and oxygen atoms in total. The van der Waals surface area contributed by atoms with E-state index in [-0.39, 0.29) is 5.69 Å². The summed E-state index contributed by atoms with van der Waals surface area (Å²) in [7, 11) is 0. The minimum absolute atomic E-state index is 0.264. The number of anilines is 1. The van der Waals surface area contributed by atoms with Crippen molar-refractivity contribution in [2.75, 3.05) is 5.32 Å². The van der Waals surface area contributed by atoms with Crippen molar-refractivity contribution in [3.63, 3.8) is 0 Å². The molecule has 0 saturated carbocycles. The maximum absolute atomic E-state index is 12.7. The number of carbonyl (C=O) groups excluding carboxylic acids is 1. The lowest BCUT2D eigenvalue weighted by Crippen LogP contribution is -2.26. The van der Waals surface area contributed by atoms with Crippen LogP contribution in [0.15, 0.2) is 12.1 Å². The Morgan fingerprint density at radius 1 is 1.30 bits per heavy atom. The normalized spacial score (nSPS) is 13.2. The van der Waals surface area contributed by atoms with E-state index in [2.05, 4.69) is 15.5 Å². The van der Waals surface area contributed by atoms with Gasteiger partial charge in [0.05, 0.1) is 5.69 Å². The molecule has 0 spiro atoms. The Morgan fingerprint density at radius 3 is 2.48 bits per heavy atom. The molecule has 1 amide bonds. The fourth-order valence-electron chi connectivity index (χ4n) is 2.25.